The summed E-state index contributed by atoms with van der Waals surface area (Å²) in [6.45, 7) is 8.89. The minimum absolute atomic E-state index is 0.0160. The maximum Gasteiger partial charge on any atom is 0.0605 e. The molecule has 2 aliphatic carbocycles. The molecule has 28 heavy (non-hydrogen) atoms. The van der Waals surface area contributed by atoms with Gasteiger partial charge in [0.15, 0.2) is 0 Å². The summed E-state index contributed by atoms with van der Waals surface area (Å²) >= 11 is 0. The Morgan fingerprint density at radius 1 is 1.25 bits per heavy atom. The molecule has 2 nitrogen and oxygen atoms in total. The van der Waals surface area contributed by atoms with Crippen LogP contribution in [0.15, 0.2) is 54.3 Å². The lowest BCUT2D eigenvalue weighted by molar-refractivity contribution is -0.104. The third-order valence-electron chi connectivity index (χ3n) is 7.59. The monoisotopic (exact) mass is 377 g/mol. The van der Waals surface area contributed by atoms with Gasteiger partial charge in [0.2, 0.25) is 0 Å². The molecule has 2 N–H and O–H groups in total. The molecule has 0 spiro atoms. The summed E-state index contributed by atoms with van der Waals surface area (Å²) in [6, 6.07) is 8.58. The molecule has 1 aromatic heterocycles. The Labute approximate surface area is 169 Å². The van der Waals surface area contributed by atoms with Gasteiger partial charge >= 0.3 is 0 Å². The number of rotatable bonds is 5. The number of benzene rings is 1. The van der Waals surface area contributed by atoms with E-state index >= 15 is 0 Å². The zero-order chi connectivity index (χ0) is 19.7. The second-order valence-corrected chi connectivity index (χ2v) is 9.39. The molecule has 1 heterocycles. The third-order valence-corrected chi connectivity index (χ3v) is 7.59. The van der Waals surface area contributed by atoms with Crippen molar-refractivity contribution in [1.82, 2.24) is 4.98 Å². The van der Waals surface area contributed by atoms with E-state index in [4.69, 9.17) is 0 Å². The molecule has 150 valence electrons. The van der Waals surface area contributed by atoms with Crippen molar-refractivity contribution in [2.45, 2.75) is 71.3 Å². The summed E-state index contributed by atoms with van der Waals surface area (Å²) in [5.41, 5.74) is 5.30. The molecule has 0 saturated heterocycles. The molecule has 4 rings (SSSR count). The molecule has 2 aliphatic rings. The third kappa shape index (κ3) is 3.37. The van der Waals surface area contributed by atoms with Crippen LogP contribution in [0.3, 0.4) is 0 Å². The Morgan fingerprint density at radius 3 is 2.89 bits per heavy atom. The van der Waals surface area contributed by atoms with Crippen molar-refractivity contribution in [3.05, 3.63) is 59.8 Å². The van der Waals surface area contributed by atoms with Crippen molar-refractivity contribution in [2.75, 3.05) is 0 Å². The average Bonchev–Trinajstić information content (AvgIpc) is 3.08. The second-order valence-electron chi connectivity index (χ2n) is 9.39. The first kappa shape index (κ1) is 19.5. The van der Waals surface area contributed by atoms with E-state index in [1.807, 2.05) is 0 Å². The van der Waals surface area contributed by atoms with Crippen LogP contribution in [0.2, 0.25) is 0 Å². The van der Waals surface area contributed by atoms with Crippen molar-refractivity contribution < 1.29 is 5.11 Å². The van der Waals surface area contributed by atoms with Crippen LogP contribution in [0.4, 0.5) is 0 Å². The fraction of sp³-hybridized carbons (Fsp3) is 0.538. The van der Waals surface area contributed by atoms with Gasteiger partial charge in [0.25, 0.3) is 0 Å². The van der Waals surface area contributed by atoms with Gasteiger partial charge < -0.3 is 10.1 Å². The SMILES string of the molecule is C=C1CCC2CCC[C@H](O)[C@@]2(CCC=C(C)C)[C@@H]1Cc1c[nH]c2ccccc12. The summed E-state index contributed by atoms with van der Waals surface area (Å²) in [5.74, 6) is 0.994. The minimum atomic E-state index is -0.205. The van der Waals surface area contributed by atoms with E-state index in [0.29, 0.717) is 11.8 Å². The van der Waals surface area contributed by atoms with Gasteiger partial charge in [-0.2, -0.15) is 0 Å². The first-order chi connectivity index (χ1) is 13.5. The minimum Gasteiger partial charge on any atom is -0.393 e. The summed E-state index contributed by atoms with van der Waals surface area (Å²) in [5, 5.41) is 12.7. The van der Waals surface area contributed by atoms with Gasteiger partial charge in [-0.1, -0.05) is 48.4 Å². The van der Waals surface area contributed by atoms with Crippen LogP contribution in [-0.2, 0) is 6.42 Å². The number of hydrogen-bond donors (Lipinski definition) is 2. The summed E-state index contributed by atoms with van der Waals surface area (Å²) < 4.78 is 0. The van der Waals surface area contributed by atoms with Crippen LogP contribution in [-0.4, -0.2) is 16.2 Å². The van der Waals surface area contributed by atoms with Gasteiger partial charge in [0.1, 0.15) is 0 Å². The van der Waals surface area contributed by atoms with Gasteiger partial charge in [-0.3, -0.25) is 0 Å². The lowest BCUT2D eigenvalue weighted by Gasteiger charge is -2.56. The first-order valence-corrected chi connectivity index (χ1v) is 11.1. The molecule has 0 radical (unpaired) electrons. The lowest BCUT2D eigenvalue weighted by atomic mass is 9.49. The van der Waals surface area contributed by atoms with Crippen LogP contribution in [0.5, 0.6) is 0 Å². The van der Waals surface area contributed by atoms with Gasteiger partial charge in [-0.15, -0.1) is 0 Å². The average molecular weight is 378 g/mol. The molecule has 2 fully saturated rings. The van der Waals surface area contributed by atoms with Crippen molar-refractivity contribution >= 4 is 10.9 Å². The number of H-pyrrole nitrogens is 1. The highest BCUT2D eigenvalue weighted by Crippen LogP contribution is 2.58. The molecule has 4 atom stereocenters. The smallest absolute Gasteiger partial charge is 0.0605 e. The van der Waals surface area contributed by atoms with Crippen LogP contribution in [0.1, 0.15) is 64.4 Å². The number of aromatic nitrogens is 1. The van der Waals surface area contributed by atoms with Gasteiger partial charge in [-0.25, -0.2) is 0 Å². The zero-order valence-corrected chi connectivity index (χ0v) is 17.5. The van der Waals surface area contributed by atoms with E-state index in [1.165, 1.54) is 46.9 Å². The van der Waals surface area contributed by atoms with E-state index in [9.17, 15) is 5.11 Å². The Kier molecular flexibility index (Phi) is 5.51. The fourth-order valence-corrected chi connectivity index (χ4v) is 6.22. The predicted molar refractivity (Wildman–Crippen MR) is 118 cm³/mol. The number of hydrogen-bond acceptors (Lipinski definition) is 1. The largest absolute Gasteiger partial charge is 0.393 e. The molecule has 1 unspecified atom stereocenters. The van der Waals surface area contributed by atoms with Crippen molar-refractivity contribution in [2.24, 2.45) is 17.3 Å². The summed E-state index contributed by atoms with van der Waals surface area (Å²) in [6.07, 6.45) is 13.2. The van der Waals surface area contributed by atoms with Gasteiger partial charge in [0.05, 0.1) is 6.10 Å². The Bertz CT molecular complexity index is 871. The summed E-state index contributed by atoms with van der Waals surface area (Å²) in [4.78, 5) is 3.44. The van der Waals surface area contributed by atoms with E-state index in [-0.39, 0.29) is 11.5 Å². The molecule has 0 amide bonds. The highest BCUT2D eigenvalue weighted by atomic mass is 16.3. The maximum absolute atomic E-state index is 11.4. The quantitative estimate of drug-likeness (QED) is 0.568. The van der Waals surface area contributed by atoms with E-state index < -0.39 is 0 Å². The number of aromatic amines is 1. The molecule has 2 heteroatoms. The standard InChI is InChI=1S/C26H35NO/c1-18(2)8-7-15-26-21(9-6-12-25(26)28)14-13-19(3)23(26)16-20-17-27-24-11-5-4-10-22(20)24/h4-5,8,10-11,17,21,23,25,27-28H,3,6-7,9,12-16H2,1-2H3/t21?,23-,25+,26-/m1/s1. The molecule has 2 saturated carbocycles. The lowest BCUT2D eigenvalue weighted by Crippen LogP contribution is -2.53. The highest BCUT2D eigenvalue weighted by Gasteiger charge is 2.54. The van der Waals surface area contributed by atoms with Crippen LogP contribution in [0.25, 0.3) is 10.9 Å². The molecule has 0 aliphatic heterocycles. The Balaban J connectivity index is 1.72. The van der Waals surface area contributed by atoms with Crippen molar-refractivity contribution in [3.8, 4) is 0 Å². The molecular formula is C26H35NO. The van der Waals surface area contributed by atoms with Crippen molar-refractivity contribution in [1.29, 1.82) is 0 Å². The second kappa shape index (κ2) is 7.91. The number of para-hydroxylation sites is 1. The number of allylic oxidation sites excluding steroid dienone is 3. The van der Waals surface area contributed by atoms with E-state index in [2.05, 4.69) is 61.9 Å². The molecular weight excluding hydrogens is 342 g/mol. The van der Waals surface area contributed by atoms with Crippen molar-refractivity contribution in [3.63, 3.8) is 0 Å². The number of nitrogens with one attached hydrogen (secondary N) is 1. The van der Waals surface area contributed by atoms with Gasteiger partial charge in [0, 0.05) is 22.5 Å². The predicted octanol–water partition coefficient (Wildman–Crippen LogP) is 6.57. The number of aliphatic hydroxyl groups excluding tert-OH is 1. The Morgan fingerprint density at radius 2 is 2.07 bits per heavy atom. The maximum atomic E-state index is 11.4. The normalized spacial score (nSPS) is 30.2. The first-order valence-electron chi connectivity index (χ1n) is 11.1. The van der Waals surface area contributed by atoms with Crippen LogP contribution >= 0.6 is 0 Å². The molecule has 2 aromatic rings. The van der Waals surface area contributed by atoms with Crippen LogP contribution in [0, 0.1) is 17.3 Å². The van der Waals surface area contributed by atoms with Gasteiger partial charge in [-0.05, 0) is 82.3 Å². The van der Waals surface area contributed by atoms with E-state index in [0.717, 1.165) is 32.1 Å². The van der Waals surface area contributed by atoms with Crippen LogP contribution < -0.4 is 0 Å². The fourth-order valence-electron chi connectivity index (χ4n) is 6.22. The van der Waals surface area contributed by atoms with E-state index in [1.54, 1.807) is 0 Å². The highest BCUT2D eigenvalue weighted by molar-refractivity contribution is 5.83. The summed E-state index contributed by atoms with van der Waals surface area (Å²) in [7, 11) is 0. The topological polar surface area (TPSA) is 36.0 Å². The zero-order valence-electron chi connectivity index (χ0n) is 17.5. The number of fused-ring (bicyclic) bond motifs is 2. The molecule has 1 aromatic carbocycles. The number of aliphatic hydroxyl groups is 1. The molecule has 0 bridgehead atoms. The Hall–Kier alpha value is -1.80.